The van der Waals surface area contributed by atoms with Crippen molar-refractivity contribution >= 4 is 11.0 Å². The molecule has 0 aliphatic carbocycles. The van der Waals surface area contributed by atoms with E-state index in [0.717, 1.165) is 25.2 Å². The normalized spacial score (nSPS) is 17.9. The van der Waals surface area contributed by atoms with Crippen molar-refractivity contribution in [2.75, 3.05) is 46.3 Å². The van der Waals surface area contributed by atoms with Gasteiger partial charge in [0.2, 0.25) is 0 Å². The average molecular weight is 273 g/mol. The zero-order chi connectivity index (χ0) is 13.8. The van der Waals surface area contributed by atoms with E-state index >= 15 is 0 Å². The Bertz CT molecular complexity index is 543. The minimum Gasteiger partial charge on any atom is -0.464 e. The Balaban J connectivity index is 1.44. The lowest BCUT2D eigenvalue weighted by Crippen LogP contribution is -2.46. The molecule has 1 saturated heterocycles. The zero-order valence-electron chi connectivity index (χ0n) is 12.1. The number of likely N-dealkylation sites (N-methyl/N-ethyl adjacent to an activating group) is 1. The summed E-state index contributed by atoms with van der Waals surface area (Å²) in [6.45, 7) is 7.79. The highest BCUT2D eigenvalue weighted by atomic mass is 16.3. The molecule has 0 amide bonds. The molecule has 0 saturated carbocycles. The van der Waals surface area contributed by atoms with Crippen LogP contribution in [0, 0.1) is 0 Å². The van der Waals surface area contributed by atoms with Crippen molar-refractivity contribution in [1.82, 2.24) is 15.1 Å². The molecule has 0 radical (unpaired) electrons. The quantitative estimate of drug-likeness (QED) is 0.841. The summed E-state index contributed by atoms with van der Waals surface area (Å²) < 4.78 is 5.55. The number of benzene rings is 1. The van der Waals surface area contributed by atoms with Gasteiger partial charge in [0.25, 0.3) is 0 Å². The monoisotopic (exact) mass is 273 g/mol. The lowest BCUT2D eigenvalue weighted by molar-refractivity contribution is 0.154. The van der Waals surface area contributed by atoms with Gasteiger partial charge >= 0.3 is 0 Å². The molecule has 0 unspecified atom stereocenters. The van der Waals surface area contributed by atoms with Crippen LogP contribution in [0.5, 0.6) is 0 Å². The van der Waals surface area contributed by atoms with Gasteiger partial charge in [0.05, 0.1) is 6.26 Å². The van der Waals surface area contributed by atoms with E-state index in [1.807, 2.05) is 18.4 Å². The third kappa shape index (κ3) is 3.20. The Labute approximate surface area is 120 Å². The van der Waals surface area contributed by atoms with Crippen LogP contribution in [0.3, 0.4) is 0 Å². The molecule has 1 N–H and O–H groups in total. The predicted octanol–water partition coefficient (Wildman–Crippen LogP) is 1.77. The van der Waals surface area contributed by atoms with Crippen LogP contribution in [0.15, 0.2) is 34.9 Å². The molecule has 2 heterocycles. The Morgan fingerprint density at radius 1 is 1.15 bits per heavy atom. The second-order valence-electron chi connectivity index (χ2n) is 5.58. The van der Waals surface area contributed by atoms with E-state index in [9.17, 15) is 0 Å². The standard InChI is InChI=1S/C16H23N3O/c1-18-8-10-19(11-9-18)7-6-17-12-14-13-20-16-5-3-2-4-15(14)16/h2-5,13,17H,6-12H2,1H3. The topological polar surface area (TPSA) is 31.6 Å². The van der Waals surface area contributed by atoms with Crippen molar-refractivity contribution in [3.63, 3.8) is 0 Å². The molecule has 4 nitrogen and oxygen atoms in total. The molecule has 1 aromatic carbocycles. The molecule has 0 atom stereocenters. The van der Waals surface area contributed by atoms with Gasteiger partial charge in [0.1, 0.15) is 5.58 Å². The first kappa shape index (κ1) is 13.6. The fourth-order valence-corrected chi connectivity index (χ4v) is 2.70. The van der Waals surface area contributed by atoms with Crippen LogP contribution in [0.1, 0.15) is 5.56 Å². The van der Waals surface area contributed by atoms with Gasteiger partial charge in [-0.2, -0.15) is 0 Å². The Morgan fingerprint density at radius 2 is 1.95 bits per heavy atom. The van der Waals surface area contributed by atoms with Crippen molar-refractivity contribution < 1.29 is 4.42 Å². The van der Waals surface area contributed by atoms with Crippen molar-refractivity contribution in [1.29, 1.82) is 0 Å². The van der Waals surface area contributed by atoms with Crippen LogP contribution in [-0.4, -0.2) is 56.1 Å². The molecule has 0 spiro atoms. The summed E-state index contributed by atoms with van der Waals surface area (Å²) >= 11 is 0. The SMILES string of the molecule is CN1CCN(CCNCc2coc3ccccc23)CC1. The highest BCUT2D eigenvalue weighted by Gasteiger charge is 2.12. The fourth-order valence-electron chi connectivity index (χ4n) is 2.70. The fraction of sp³-hybridized carbons (Fsp3) is 0.500. The van der Waals surface area contributed by atoms with Crippen molar-refractivity contribution in [3.8, 4) is 0 Å². The van der Waals surface area contributed by atoms with Gasteiger partial charge in [0, 0.05) is 56.8 Å². The molecule has 1 fully saturated rings. The highest BCUT2D eigenvalue weighted by molar-refractivity contribution is 5.80. The lowest BCUT2D eigenvalue weighted by atomic mass is 10.2. The molecule has 108 valence electrons. The summed E-state index contributed by atoms with van der Waals surface area (Å²) in [4.78, 5) is 4.92. The van der Waals surface area contributed by atoms with Crippen molar-refractivity contribution in [2.24, 2.45) is 0 Å². The summed E-state index contributed by atoms with van der Waals surface area (Å²) in [6, 6.07) is 8.21. The molecule has 1 aliphatic heterocycles. The molecule has 1 aliphatic rings. The maximum Gasteiger partial charge on any atom is 0.134 e. The lowest BCUT2D eigenvalue weighted by Gasteiger charge is -2.32. The predicted molar refractivity (Wildman–Crippen MR) is 81.9 cm³/mol. The number of fused-ring (bicyclic) bond motifs is 1. The summed E-state index contributed by atoms with van der Waals surface area (Å²) in [5.41, 5.74) is 2.22. The molecule has 0 bridgehead atoms. The second kappa shape index (κ2) is 6.39. The molecular weight excluding hydrogens is 250 g/mol. The third-order valence-electron chi connectivity index (χ3n) is 4.08. The number of nitrogens with zero attached hydrogens (tertiary/aromatic N) is 2. The number of nitrogens with one attached hydrogen (secondary N) is 1. The van der Waals surface area contributed by atoms with E-state index in [1.54, 1.807) is 0 Å². The van der Waals surface area contributed by atoms with Gasteiger partial charge in [-0.05, 0) is 13.1 Å². The van der Waals surface area contributed by atoms with Crippen LogP contribution in [0.25, 0.3) is 11.0 Å². The summed E-state index contributed by atoms with van der Waals surface area (Å²) in [5.74, 6) is 0. The number of para-hydroxylation sites is 1. The van der Waals surface area contributed by atoms with E-state index in [2.05, 4.69) is 34.3 Å². The Hall–Kier alpha value is -1.36. The minimum absolute atomic E-state index is 0.880. The molecule has 1 aromatic heterocycles. The van der Waals surface area contributed by atoms with Crippen LogP contribution in [-0.2, 0) is 6.54 Å². The Kier molecular flexibility index (Phi) is 4.35. The number of piperazine rings is 1. The molecule has 2 aromatic rings. The number of furan rings is 1. The van der Waals surface area contributed by atoms with E-state index in [1.165, 1.54) is 37.1 Å². The highest BCUT2D eigenvalue weighted by Crippen LogP contribution is 2.20. The van der Waals surface area contributed by atoms with Crippen molar-refractivity contribution in [2.45, 2.75) is 6.54 Å². The van der Waals surface area contributed by atoms with E-state index in [4.69, 9.17) is 4.42 Å². The van der Waals surface area contributed by atoms with Gasteiger partial charge in [-0.25, -0.2) is 0 Å². The van der Waals surface area contributed by atoms with Gasteiger partial charge < -0.3 is 14.6 Å². The Morgan fingerprint density at radius 3 is 2.80 bits per heavy atom. The largest absolute Gasteiger partial charge is 0.464 e. The summed E-state index contributed by atoms with van der Waals surface area (Å²) in [6.07, 6.45) is 1.87. The van der Waals surface area contributed by atoms with Crippen LogP contribution in [0.4, 0.5) is 0 Å². The van der Waals surface area contributed by atoms with Crippen LogP contribution < -0.4 is 5.32 Å². The van der Waals surface area contributed by atoms with E-state index in [-0.39, 0.29) is 0 Å². The number of hydrogen-bond donors (Lipinski definition) is 1. The van der Waals surface area contributed by atoms with Gasteiger partial charge in [-0.3, -0.25) is 4.90 Å². The van der Waals surface area contributed by atoms with Gasteiger partial charge in [-0.1, -0.05) is 18.2 Å². The first-order valence-corrected chi connectivity index (χ1v) is 7.39. The summed E-state index contributed by atoms with van der Waals surface area (Å²) in [5, 5.41) is 4.75. The van der Waals surface area contributed by atoms with E-state index in [0.29, 0.717) is 0 Å². The smallest absolute Gasteiger partial charge is 0.134 e. The van der Waals surface area contributed by atoms with Crippen LogP contribution in [0.2, 0.25) is 0 Å². The van der Waals surface area contributed by atoms with Gasteiger partial charge in [0.15, 0.2) is 0 Å². The zero-order valence-corrected chi connectivity index (χ0v) is 12.1. The maximum absolute atomic E-state index is 5.55. The summed E-state index contributed by atoms with van der Waals surface area (Å²) in [7, 11) is 2.19. The second-order valence-corrected chi connectivity index (χ2v) is 5.58. The number of rotatable bonds is 5. The first-order chi connectivity index (χ1) is 9.83. The molecule has 3 rings (SSSR count). The average Bonchev–Trinajstić information content (AvgIpc) is 2.89. The third-order valence-corrected chi connectivity index (χ3v) is 4.08. The van der Waals surface area contributed by atoms with Crippen molar-refractivity contribution in [3.05, 3.63) is 36.1 Å². The molecule has 20 heavy (non-hydrogen) atoms. The molecular formula is C16H23N3O. The molecule has 4 heteroatoms. The minimum atomic E-state index is 0.880. The van der Waals surface area contributed by atoms with Gasteiger partial charge in [-0.15, -0.1) is 0 Å². The maximum atomic E-state index is 5.55. The van der Waals surface area contributed by atoms with Crippen LogP contribution >= 0.6 is 0 Å². The van der Waals surface area contributed by atoms with E-state index < -0.39 is 0 Å². The number of hydrogen-bond acceptors (Lipinski definition) is 4. The first-order valence-electron chi connectivity index (χ1n) is 7.39.